The van der Waals surface area contributed by atoms with E-state index in [1.54, 1.807) is 28.9 Å². The number of rotatable bonds is 4. The lowest BCUT2D eigenvalue weighted by Crippen LogP contribution is -2.14. The van der Waals surface area contributed by atoms with E-state index < -0.39 is 0 Å². The molecule has 0 aliphatic carbocycles. The predicted molar refractivity (Wildman–Crippen MR) is 106 cm³/mol. The van der Waals surface area contributed by atoms with Crippen LogP contribution in [0.15, 0.2) is 84.9 Å². The van der Waals surface area contributed by atoms with Crippen molar-refractivity contribution >= 4 is 23.2 Å². The molecule has 0 aliphatic heterocycles. The molecular formula is C21H15ClN4O. The molecule has 0 radical (unpaired) electrons. The maximum absolute atomic E-state index is 12.9. The van der Waals surface area contributed by atoms with Crippen LogP contribution in [0.1, 0.15) is 10.5 Å². The van der Waals surface area contributed by atoms with Crippen molar-refractivity contribution in [3.05, 3.63) is 95.6 Å². The molecular weight excluding hydrogens is 360 g/mol. The van der Waals surface area contributed by atoms with Gasteiger partial charge < -0.3 is 5.32 Å². The van der Waals surface area contributed by atoms with Gasteiger partial charge in [0, 0.05) is 16.3 Å². The summed E-state index contributed by atoms with van der Waals surface area (Å²) in [5.41, 5.74) is 3.14. The molecule has 0 unspecified atom stereocenters. The van der Waals surface area contributed by atoms with E-state index >= 15 is 0 Å². The monoisotopic (exact) mass is 374 g/mol. The van der Waals surface area contributed by atoms with Crippen LogP contribution in [-0.4, -0.2) is 20.9 Å². The fraction of sp³-hybridized carbons (Fsp3) is 0. The molecule has 0 spiro atoms. The lowest BCUT2D eigenvalue weighted by molar-refractivity contribution is 0.102. The van der Waals surface area contributed by atoms with Gasteiger partial charge in [-0.2, -0.15) is 0 Å². The van der Waals surface area contributed by atoms with Gasteiger partial charge in [-0.05, 0) is 30.3 Å². The van der Waals surface area contributed by atoms with Gasteiger partial charge in [0.05, 0.1) is 5.69 Å². The van der Waals surface area contributed by atoms with Crippen LogP contribution in [0.5, 0.6) is 0 Å². The van der Waals surface area contributed by atoms with Crippen molar-refractivity contribution in [3.63, 3.8) is 0 Å². The Kier molecular flexibility index (Phi) is 4.68. The standard InChI is InChI=1S/C21H15ClN4O/c22-16-10-7-11-17(14-16)23-21(27)19-20(15-8-3-1-4-9-15)26(25-24-19)18-12-5-2-6-13-18/h1-14H,(H,23,27). The summed E-state index contributed by atoms with van der Waals surface area (Å²) in [6.07, 6.45) is 0. The first-order valence-electron chi connectivity index (χ1n) is 8.36. The van der Waals surface area contributed by atoms with Gasteiger partial charge in [-0.25, -0.2) is 4.68 Å². The number of hydrogen-bond donors (Lipinski definition) is 1. The number of anilines is 1. The zero-order valence-electron chi connectivity index (χ0n) is 14.2. The molecule has 1 amide bonds. The maximum atomic E-state index is 12.9. The summed E-state index contributed by atoms with van der Waals surface area (Å²) in [7, 11) is 0. The number of amides is 1. The Balaban J connectivity index is 1.79. The van der Waals surface area contributed by atoms with Crippen LogP contribution in [-0.2, 0) is 0 Å². The summed E-state index contributed by atoms with van der Waals surface area (Å²) < 4.78 is 1.67. The molecule has 1 heterocycles. The topological polar surface area (TPSA) is 59.8 Å². The van der Waals surface area contributed by atoms with E-state index in [2.05, 4.69) is 15.6 Å². The van der Waals surface area contributed by atoms with Crippen molar-refractivity contribution in [2.45, 2.75) is 0 Å². The highest BCUT2D eigenvalue weighted by Crippen LogP contribution is 2.26. The number of nitrogens with zero attached hydrogens (tertiary/aromatic N) is 3. The van der Waals surface area contributed by atoms with Crippen LogP contribution >= 0.6 is 11.6 Å². The highest BCUT2D eigenvalue weighted by atomic mass is 35.5. The van der Waals surface area contributed by atoms with E-state index in [-0.39, 0.29) is 11.6 Å². The third-order valence-corrected chi connectivity index (χ3v) is 4.25. The van der Waals surface area contributed by atoms with Crippen LogP contribution < -0.4 is 5.32 Å². The normalized spacial score (nSPS) is 10.6. The first-order chi connectivity index (χ1) is 13.2. The number of carbonyl (C=O) groups is 1. The first kappa shape index (κ1) is 17.0. The number of nitrogens with one attached hydrogen (secondary N) is 1. The van der Waals surface area contributed by atoms with Crippen LogP contribution in [0.2, 0.25) is 5.02 Å². The van der Waals surface area contributed by atoms with Crippen LogP contribution in [0.25, 0.3) is 16.9 Å². The van der Waals surface area contributed by atoms with Crippen LogP contribution in [0, 0.1) is 0 Å². The Bertz CT molecular complexity index is 1080. The summed E-state index contributed by atoms with van der Waals surface area (Å²) in [4.78, 5) is 12.9. The van der Waals surface area contributed by atoms with Gasteiger partial charge in [0.1, 0.15) is 5.69 Å². The van der Waals surface area contributed by atoms with Gasteiger partial charge >= 0.3 is 0 Å². The number of halogens is 1. The molecule has 6 heteroatoms. The van der Waals surface area contributed by atoms with Crippen LogP contribution in [0.4, 0.5) is 5.69 Å². The Morgan fingerprint density at radius 1 is 0.889 bits per heavy atom. The highest BCUT2D eigenvalue weighted by molar-refractivity contribution is 6.31. The molecule has 0 saturated carbocycles. The molecule has 0 atom stereocenters. The summed E-state index contributed by atoms with van der Waals surface area (Å²) in [6, 6.07) is 26.2. The first-order valence-corrected chi connectivity index (χ1v) is 8.73. The molecule has 0 saturated heterocycles. The second-order valence-electron chi connectivity index (χ2n) is 5.86. The van der Waals surface area contributed by atoms with E-state index in [0.29, 0.717) is 16.4 Å². The maximum Gasteiger partial charge on any atom is 0.278 e. The molecule has 5 nitrogen and oxygen atoms in total. The highest BCUT2D eigenvalue weighted by Gasteiger charge is 2.22. The average Bonchev–Trinajstić information content (AvgIpc) is 3.15. The Morgan fingerprint density at radius 2 is 1.59 bits per heavy atom. The Labute approximate surface area is 161 Å². The number of aromatic nitrogens is 3. The minimum absolute atomic E-state index is 0.241. The third-order valence-electron chi connectivity index (χ3n) is 4.02. The molecule has 0 fully saturated rings. The van der Waals surface area contributed by atoms with Crippen molar-refractivity contribution in [2.24, 2.45) is 0 Å². The molecule has 1 N–H and O–H groups in total. The number of para-hydroxylation sites is 1. The minimum atomic E-state index is -0.349. The molecule has 3 aromatic carbocycles. The molecule has 4 aromatic rings. The van der Waals surface area contributed by atoms with Gasteiger partial charge in [-0.3, -0.25) is 4.79 Å². The molecule has 27 heavy (non-hydrogen) atoms. The van der Waals surface area contributed by atoms with Crippen molar-refractivity contribution < 1.29 is 4.79 Å². The van der Waals surface area contributed by atoms with Gasteiger partial charge in [0.2, 0.25) is 0 Å². The van der Waals surface area contributed by atoms with Crippen molar-refractivity contribution in [3.8, 4) is 16.9 Å². The van der Waals surface area contributed by atoms with Gasteiger partial charge in [-0.15, -0.1) is 5.10 Å². The van der Waals surface area contributed by atoms with E-state index in [9.17, 15) is 4.79 Å². The number of benzene rings is 3. The lowest BCUT2D eigenvalue weighted by atomic mass is 10.1. The average molecular weight is 375 g/mol. The quantitative estimate of drug-likeness (QED) is 0.556. The second-order valence-corrected chi connectivity index (χ2v) is 6.30. The predicted octanol–water partition coefficient (Wildman–Crippen LogP) is 4.84. The zero-order valence-corrected chi connectivity index (χ0v) is 15.0. The van der Waals surface area contributed by atoms with Crippen molar-refractivity contribution in [1.29, 1.82) is 0 Å². The molecule has 132 valence electrons. The smallest absolute Gasteiger partial charge is 0.278 e. The Hall–Kier alpha value is -3.44. The lowest BCUT2D eigenvalue weighted by Gasteiger charge is -2.09. The summed E-state index contributed by atoms with van der Waals surface area (Å²) in [5, 5.41) is 11.8. The van der Waals surface area contributed by atoms with E-state index in [0.717, 1.165) is 11.3 Å². The molecule has 0 aliphatic rings. The van der Waals surface area contributed by atoms with Crippen molar-refractivity contribution in [1.82, 2.24) is 15.0 Å². The van der Waals surface area contributed by atoms with Gasteiger partial charge in [-0.1, -0.05) is 71.4 Å². The van der Waals surface area contributed by atoms with Gasteiger partial charge in [0.25, 0.3) is 5.91 Å². The van der Waals surface area contributed by atoms with E-state index in [4.69, 9.17) is 11.6 Å². The van der Waals surface area contributed by atoms with Gasteiger partial charge in [0.15, 0.2) is 5.69 Å². The largest absolute Gasteiger partial charge is 0.320 e. The Morgan fingerprint density at radius 3 is 2.30 bits per heavy atom. The molecule has 1 aromatic heterocycles. The minimum Gasteiger partial charge on any atom is -0.320 e. The number of hydrogen-bond acceptors (Lipinski definition) is 3. The van der Waals surface area contributed by atoms with Crippen molar-refractivity contribution in [2.75, 3.05) is 5.32 Å². The molecule has 0 bridgehead atoms. The fourth-order valence-corrected chi connectivity index (χ4v) is 2.99. The second kappa shape index (κ2) is 7.43. The number of carbonyl (C=O) groups excluding carboxylic acids is 1. The molecule has 4 rings (SSSR count). The van der Waals surface area contributed by atoms with Crippen LogP contribution in [0.3, 0.4) is 0 Å². The summed E-state index contributed by atoms with van der Waals surface area (Å²) >= 11 is 6.00. The SMILES string of the molecule is O=C(Nc1cccc(Cl)c1)c1nnn(-c2ccccc2)c1-c1ccccc1. The fourth-order valence-electron chi connectivity index (χ4n) is 2.80. The van der Waals surface area contributed by atoms with E-state index in [1.807, 2.05) is 60.7 Å². The van der Waals surface area contributed by atoms with E-state index in [1.165, 1.54) is 0 Å². The zero-order chi connectivity index (χ0) is 18.6. The summed E-state index contributed by atoms with van der Waals surface area (Å²) in [5.74, 6) is -0.349. The third kappa shape index (κ3) is 3.59. The summed E-state index contributed by atoms with van der Waals surface area (Å²) in [6.45, 7) is 0.